The van der Waals surface area contributed by atoms with Gasteiger partial charge in [0.25, 0.3) is 0 Å². The van der Waals surface area contributed by atoms with Crippen LogP contribution in [0.2, 0.25) is 0 Å². The molecule has 0 spiro atoms. The quantitative estimate of drug-likeness (QED) is 0.536. The van der Waals surface area contributed by atoms with Gasteiger partial charge in [0.2, 0.25) is 0 Å². The molecule has 0 saturated heterocycles. The maximum absolute atomic E-state index is 5.95. The Balaban J connectivity index is 1.63. The summed E-state index contributed by atoms with van der Waals surface area (Å²) in [5.41, 5.74) is 2.47. The summed E-state index contributed by atoms with van der Waals surface area (Å²) in [5, 5.41) is 5.62. The van der Waals surface area contributed by atoms with Gasteiger partial charge in [-0.25, -0.2) is 0 Å². The van der Waals surface area contributed by atoms with E-state index in [0.717, 1.165) is 18.0 Å². The van der Waals surface area contributed by atoms with Gasteiger partial charge in [0.15, 0.2) is 11.5 Å². The Morgan fingerprint density at radius 3 is 2.54 bits per heavy atom. The van der Waals surface area contributed by atoms with E-state index >= 15 is 0 Å². The van der Waals surface area contributed by atoms with Gasteiger partial charge >= 0.3 is 0 Å². The van der Waals surface area contributed by atoms with Crippen molar-refractivity contribution in [3.63, 3.8) is 0 Å². The maximum Gasteiger partial charge on any atom is 0.161 e. The first-order valence-corrected chi connectivity index (χ1v) is 9.83. The molecule has 1 atom stereocenters. The van der Waals surface area contributed by atoms with Crippen LogP contribution < -0.4 is 14.8 Å². The molecule has 3 nitrogen and oxygen atoms in total. The van der Waals surface area contributed by atoms with Crippen molar-refractivity contribution in [3.05, 3.63) is 82.0 Å². The molecule has 4 heteroatoms. The Morgan fingerprint density at radius 2 is 1.81 bits per heavy atom. The zero-order chi connectivity index (χ0) is 18.2. The van der Waals surface area contributed by atoms with Crippen molar-refractivity contribution in [2.75, 3.05) is 6.61 Å². The first kappa shape index (κ1) is 18.5. The smallest absolute Gasteiger partial charge is 0.161 e. The van der Waals surface area contributed by atoms with Gasteiger partial charge in [0.1, 0.15) is 6.61 Å². The molecule has 0 bridgehead atoms. The predicted molar refractivity (Wildman–Crippen MR) is 108 cm³/mol. The molecule has 1 aromatic heterocycles. The lowest BCUT2D eigenvalue weighted by molar-refractivity contribution is 0.271. The Morgan fingerprint density at radius 1 is 0.962 bits per heavy atom. The summed E-state index contributed by atoms with van der Waals surface area (Å²) in [6.07, 6.45) is 0. The largest absolute Gasteiger partial charge is 0.490 e. The molecule has 0 unspecified atom stereocenters. The van der Waals surface area contributed by atoms with Gasteiger partial charge in [0.05, 0.1) is 6.61 Å². The molecule has 0 aliphatic heterocycles. The van der Waals surface area contributed by atoms with Gasteiger partial charge < -0.3 is 14.8 Å². The highest BCUT2D eigenvalue weighted by Gasteiger charge is 2.09. The molecule has 136 valence electrons. The molecule has 1 heterocycles. The summed E-state index contributed by atoms with van der Waals surface area (Å²) >= 11 is 1.70. The topological polar surface area (TPSA) is 30.5 Å². The molecule has 0 fully saturated rings. The van der Waals surface area contributed by atoms with Gasteiger partial charge in [-0.3, -0.25) is 0 Å². The highest BCUT2D eigenvalue weighted by Crippen LogP contribution is 2.30. The monoisotopic (exact) mass is 367 g/mol. The van der Waals surface area contributed by atoms with Crippen molar-refractivity contribution in [2.24, 2.45) is 0 Å². The van der Waals surface area contributed by atoms with Crippen LogP contribution in [0.25, 0.3) is 0 Å². The second-order valence-corrected chi connectivity index (χ2v) is 7.13. The number of rotatable bonds is 9. The molecule has 3 aromatic rings. The van der Waals surface area contributed by atoms with Crippen molar-refractivity contribution in [1.29, 1.82) is 0 Å². The van der Waals surface area contributed by atoms with Crippen molar-refractivity contribution in [3.8, 4) is 11.5 Å². The van der Waals surface area contributed by atoms with Gasteiger partial charge in [-0.15, -0.1) is 11.3 Å². The van der Waals surface area contributed by atoms with E-state index < -0.39 is 0 Å². The molecule has 0 aliphatic carbocycles. The second kappa shape index (κ2) is 9.41. The predicted octanol–water partition coefficient (Wildman–Crippen LogP) is 5.58. The van der Waals surface area contributed by atoms with E-state index in [1.165, 1.54) is 16.0 Å². The molecule has 1 N–H and O–H groups in total. The molecule has 2 aromatic carbocycles. The molecular weight excluding hydrogens is 342 g/mol. The van der Waals surface area contributed by atoms with E-state index in [2.05, 4.69) is 60.1 Å². The van der Waals surface area contributed by atoms with E-state index in [0.29, 0.717) is 19.3 Å². The Labute approximate surface area is 159 Å². The Kier molecular flexibility index (Phi) is 6.69. The average molecular weight is 368 g/mol. The van der Waals surface area contributed by atoms with Crippen LogP contribution in [0, 0.1) is 0 Å². The van der Waals surface area contributed by atoms with Crippen LogP contribution in [-0.2, 0) is 13.2 Å². The summed E-state index contributed by atoms with van der Waals surface area (Å²) in [7, 11) is 0. The minimum Gasteiger partial charge on any atom is -0.490 e. The minimum absolute atomic E-state index is 0.293. The molecule has 0 saturated carbocycles. The highest BCUT2D eigenvalue weighted by atomic mass is 32.1. The van der Waals surface area contributed by atoms with Crippen molar-refractivity contribution < 1.29 is 9.47 Å². The van der Waals surface area contributed by atoms with Crippen LogP contribution in [0.15, 0.2) is 66.0 Å². The Hall–Kier alpha value is -2.30. The van der Waals surface area contributed by atoms with E-state index in [4.69, 9.17) is 9.47 Å². The van der Waals surface area contributed by atoms with Gasteiger partial charge in [-0.05, 0) is 48.6 Å². The number of benzene rings is 2. The van der Waals surface area contributed by atoms with Crippen LogP contribution in [-0.4, -0.2) is 6.61 Å². The van der Waals surface area contributed by atoms with E-state index in [9.17, 15) is 0 Å². The zero-order valence-electron chi connectivity index (χ0n) is 15.3. The highest BCUT2D eigenvalue weighted by molar-refractivity contribution is 7.09. The summed E-state index contributed by atoms with van der Waals surface area (Å²) < 4.78 is 11.7. The van der Waals surface area contributed by atoms with E-state index in [1.54, 1.807) is 11.3 Å². The average Bonchev–Trinajstić information content (AvgIpc) is 3.20. The lowest BCUT2D eigenvalue weighted by atomic mass is 10.1. The van der Waals surface area contributed by atoms with Crippen LogP contribution in [0.4, 0.5) is 0 Å². The molecule has 0 amide bonds. The zero-order valence-corrected chi connectivity index (χ0v) is 16.1. The fourth-order valence-electron chi connectivity index (χ4n) is 2.72. The minimum atomic E-state index is 0.293. The number of hydrogen-bond donors (Lipinski definition) is 1. The van der Waals surface area contributed by atoms with Crippen LogP contribution in [0.1, 0.15) is 35.9 Å². The van der Waals surface area contributed by atoms with Crippen molar-refractivity contribution in [1.82, 2.24) is 5.32 Å². The van der Waals surface area contributed by atoms with E-state index in [1.807, 2.05) is 25.1 Å². The van der Waals surface area contributed by atoms with Crippen LogP contribution >= 0.6 is 11.3 Å². The van der Waals surface area contributed by atoms with Gasteiger partial charge in [-0.2, -0.15) is 0 Å². The molecular formula is C22H25NO2S. The third-order valence-electron chi connectivity index (χ3n) is 4.17. The molecule has 0 aliphatic rings. The first-order valence-electron chi connectivity index (χ1n) is 8.95. The summed E-state index contributed by atoms with van der Waals surface area (Å²) in [5.74, 6) is 1.59. The Bertz CT molecular complexity index is 787. The van der Waals surface area contributed by atoms with Crippen LogP contribution in [0.3, 0.4) is 0 Å². The lowest BCUT2D eigenvalue weighted by Gasteiger charge is -2.16. The number of nitrogens with one attached hydrogen (secondary N) is 1. The summed E-state index contributed by atoms with van der Waals surface area (Å²) in [4.78, 5) is 1.20. The third kappa shape index (κ3) is 5.10. The normalized spacial score (nSPS) is 11.9. The van der Waals surface area contributed by atoms with Crippen molar-refractivity contribution >= 4 is 11.3 Å². The van der Waals surface area contributed by atoms with Crippen LogP contribution in [0.5, 0.6) is 11.5 Å². The summed E-state index contributed by atoms with van der Waals surface area (Å²) in [6, 6.07) is 21.0. The number of hydrogen-bond acceptors (Lipinski definition) is 4. The van der Waals surface area contributed by atoms with E-state index in [-0.39, 0.29) is 0 Å². The summed E-state index contributed by atoms with van der Waals surface area (Å²) in [6.45, 7) is 6.14. The number of thiophene rings is 1. The maximum atomic E-state index is 5.95. The molecule has 26 heavy (non-hydrogen) atoms. The standard InChI is InChI=1S/C22H25NO2S/c1-3-24-22-14-18(15-23-17(2)19-8-5-4-6-9-19)11-12-21(22)25-16-20-10-7-13-26-20/h4-14,17,23H,3,15-16H2,1-2H3/t17-/m1/s1. The molecule has 3 rings (SSSR count). The fraction of sp³-hybridized carbons (Fsp3) is 0.273. The van der Waals surface area contributed by atoms with Crippen molar-refractivity contribution in [2.45, 2.75) is 33.0 Å². The molecule has 0 radical (unpaired) electrons. The second-order valence-electron chi connectivity index (χ2n) is 6.10. The fourth-order valence-corrected chi connectivity index (χ4v) is 3.34. The van der Waals surface area contributed by atoms with Gasteiger partial charge in [-0.1, -0.05) is 42.5 Å². The van der Waals surface area contributed by atoms with Gasteiger partial charge in [0, 0.05) is 17.5 Å². The SMILES string of the molecule is CCOc1cc(CN[C@H](C)c2ccccc2)ccc1OCc1cccs1. The third-order valence-corrected chi connectivity index (χ3v) is 5.02. The first-order chi connectivity index (χ1) is 12.8. The lowest BCUT2D eigenvalue weighted by Crippen LogP contribution is -2.18. The number of ether oxygens (including phenoxy) is 2.